The van der Waals surface area contributed by atoms with Crippen molar-refractivity contribution in [2.75, 3.05) is 29.6 Å². The van der Waals surface area contributed by atoms with Crippen molar-refractivity contribution >= 4 is 33.3 Å². The van der Waals surface area contributed by atoms with E-state index in [0.717, 1.165) is 16.1 Å². The molecule has 0 heterocycles. The lowest BCUT2D eigenvalue weighted by atomic mass is 10.1. The Morgan fingerprint density at radius 1 is 1.13 bits per heavy atom. The Bertz CT molecular complexity index is 1020. The third kappa shape index (κ3) is 5.50. The fourth-order valence-electron chi connectivity index (χ4n) is 2.87. The minimum absolute atomic E-state index is 0.233. The predicted molar refractivity (Wildman–Crippen MR) is 116 cm³/mol. The van der Waals surface area contributed by atoms with Gasteiger partial charge in [-0.05, 0) is 62.7 Å². The van der Waals surface area contributed by atoms with Gasteiger partial charge in [0.05, 0.1) is 31.2 Å². The number of benzene rings is 2. The Labute approximate surface area is 176 Å². The summed E-state index contributed by atoms with van der Waals surface area (Å²) < 4.78 is 36.0. The summed E-state index contributed by atoms with van der Waals surface area (Å²) in [4.78, 5) is 24.9. The van der Waals surface area contributed by atoms with E-state index in [9.17, 15) is 18.0 Å². The molecule has 162 valence electrons. The van der Waals surface area contributed by atoms with E-state index >= 15 is 0 Å². The number of hydrogen-bond acceptors (Lipinski definition) is 6. The van der Waals surface area contributed by atoms with Gasteiger partial charge in [0.2, 0.25) is 15.9 Å². The number of carbonyl (C=O) groups is 2. The molecular weight excluding hydrogens is 408 g/mol. The van der Waals surface area contributed by atoms with Gasteiger partial charge in [-0.3, -0.25) is 9.10 Å². The van der Waals surface area contributed by atoms with E-state index in [4.69, 9.17) is 9.47 Å². The summed E-state index contributed by atoms with van der Waals surface area (Å²) in [5, 5.41) is 2.71. The molecule has 8 nitrogen and oxygen atoms in total. The second-order valence-corrected chi connectivity index (χ2v) is 8.53. The molecule has 1 atom stereocenters. The zero-order valence-corrected chi connectivity index (χ0v) is 18.4. The molecular formula is C21H26N2O6S. The number of amides is 1. The highest BCUT2D eigenvalue weighted by Crippen LogP contribution is 2.25. The minimum Gasteiger partial charge on any atom is -0.497 e. The zero-order chi connectivity index (χ0) is 22.5. The highest BCUT2D eigenvalue weighted by Gasteiger charge is 2.29. The minimum atomic E-state index is -3.76. The second kappa shape index (κ2) is 9.62. The molecule has 0 aliphatic carbocycles. The van der Waals surface area contributed by atoms with Gasteiger partial charge in [-0.25, -0.2) is 13.2 Å². The summed E-state index contributed by atoms with van der Waals surface area (Å²) >= 11 is 0. The molecule has 0 saturated carbocycles. The summed E-state index contributed by atoms with van der Waals surface area (Å²) in [7, 11) is -2.25. The van der Waals surface area contributed by atoms with Crippen molar-refractivity contribution in [3.63, 3.8) is 0 Å². The van der Waals surface area contributed by atoms with Gasteiger partial charge in [0.25, 0.3) is 0 Å². The maximum Gasteiger partial charge on any atom is 0.338 e. The van der Waals surface area contributed by atoms with Crippen LogP contribution in [0.4, 0.5) is 11.4 Å². The zero-order valence-electron chi connectivity index (χ0n) is 17.6. The average molecular weight is 435 g/mol. The fraction of sp³-hybridized carbons (Fsp3) is 0.333. The van der Waals surface area contributed by atoms with Gasteiger partial charge in [-0.2, -0.15) is 0 Å². The van der Waals surface area contributed by atoms with Gasteiger partial charge < -0.3 is 14.8 Å². The van der Waals surface area contributed by atoms with Crippen molar-refractivity contribution in [2.45, 2.75) is 26.8 Å². The first-order valence-corrected chi connectivity index (χ1v) is 11.2. The molecule has 1 amide bonds. The molecule has 0 radical (unpaired) electrons. The number of carbonyl (C=O) groups excluding carboxylic acids is 2. The van der Waals surface area contributed by atoms with Gasteiger partial charge >= 0.3 is 5.97 Å². The Balaban J connectivity index is 2.31. The molecule has 0 unspecified atom stereocenters. The van der Waals surface area contributed by atoms with Crippen LogP contribution >= 0.6 is 0 Å². The first-order chi connectivity index (χ1) is 14.1. The normalized spacial score (nSPS) is 12.0. The quantitative estimate of drug-likeness (QED) is 0.641. The van der Waals surface area contributed by atoms with Crippen molar-refractivity contribution < 1.29 is 27.5 Å². The van der Waals surface area contributed by atoms with Crippen LogP contribution in [-0.2, 0) is 19.6 Å². The van der Waals surface area contributed by atoms with Gasteiger partial charge in [0.15, 0.2) is 0 Å². The number of nitrogens with one attached hydrogen (secondary N) is 1. The Kier molecular flexibility index (Phi) is 7.44. The van der Waals surface area contributed by atoms with Crippen molar-refractivity contribution in [1.29, 1.82) is 0 Å². The molecule has 2 rings (SSSR count). The fourth-order valence-corrected chi connectivity index (χ4v) is 4.05. The van der Waals surface area contributed by atoms with Gasteiger partial charge in [-0.15, -0.1) is 0 Å². The largest absolute Gasteiger partial charge is 0.497 e. The Morgan fingerprint density at radius 3 is 2.30 bits per heavy atom. The number of nitrogens with zero attached hydrogens (tertiary/aromatic N) is 1. The van der Waals surface area contributed by atoms with Gasteiger partial charge in [0, 0.05) is 5.69 Å². The monoisotopic (exact) mass is 434 g/mol. The summed E-state index contributed by atoms with van der Waals surface area (Å²) in [5.41, 5.74) is 1.75. The first-order valence-electron chi connectivity index (χ1n) is 9.30. The molecule has 30 heavy (non-hydrogen) atoms. The summed E-state index contributed by atoms with van der Waals surface area (Å²) in [6, 6.07) is 10.1. The molecule has 2 aromatic carbocycles. The van der Waals surface area contributed by atoms with Crippen molar-refractivity contribution in [2.24, 2.45) is 0 Å². The maximum absolute atomic E-state index is 12.9. The number of anilines is 2. The molecule has 0 aliphatic heterocycles. The average Bonchev–Trinajstić information content (AvgIpc) is 2.69. The van der Waals surface area contributed by atoms with Crippen LogP contribution in [0.1, 0.15) is 29.8 Å². The third-order valence-electron chi connectivity index (χ3n) is 4.42. The summed E-state index contributed by atoms with van der Waals surface area (Å²) in [6.45, 7) is 5.20. The molecule has 9 heteroatoms. The predicted octanol–water partition coefficient (Wildman–Crippen LogP) is 2.97. The van der Waals surface area contributed by atoms with Crippen LogP contribution < -0.4 is 14.4 Å². The second-order valence-electron chi connectivity index (χ2n) is 6.67. The lowest BCUT2D eigenvalue weighted by Gasteiger charge is -2.28. The van der Waals surface area contributed by atoms with Crippen molar-refractivity contribution in [3.8, 4) is 5.75 Å². The maximum atomic E-state index is 12.9. The van der Waals surface area contributed by atoms with E-state index < -0.39 is 27.9 Å². The lowest BCUT2D eigenvalue weighted by Crippen LogP contribution is -2.45. The van der Waals surface area contributed by atoms with Crippen LogP contribution in [0.15, 0.2) is 42.5 Å². The van der Waals surface area contributed by atoms with E-state index in [1.807, 2.05) is 0 Å². The SMILES string of the molecule is CCOC(=O)c1ccc(C)c(NC(=O)[C@@H](C)N(c2ccc(OC)cc2)S(C)(=O)=O)c1. The smallest absolute Gasteiger partial charge is 0.338 e. The molecule has 0 aromatic heterocycles. The molecule has 2 aromatic rings. The molecule has 0 bridgehead atoms. The Hall–Kier alpha value is -3.07. The van der Waals surface area contributed by atoms with E-state index in [0.29, 0.717) is 22.7 Å². The third-order valence-corrected chi connectivity index (χ3v) is 5.66. The topological polar surface area (TPSA) is 102 Å². The standard InChI is InChI=1S/C21H26N2O6S/c1-6-29-21(25)16-8-7-14(2)19(13-16)22-20(24)15(3)23(30(5,26)27)17-9-11-18(28-4)12-10-17/h7-13,15H,6H2,1-5H3,(H,22,24)/t15-/m1/s1. The Morgan fingerprint density at radius 2 is 1.77 bits per heavy atom. The lowest BCUT2D eigenvalue weighted by molar-refractivity contribution is -0.116. The number of aryl methyl sites for hydroxylation is 1. The molecule has 0 saturated heterocycles. The van der Waals surface area contributed by atoms with Crippen LogP contribution in [0.25, 0.3) is 0 Å². The van der Waals surface area contributed by atoms with Crippen LogP contribution in [-0.4, -0.2) is 46.3 Å². The molecule has 0 aliphatic rings. The molecule has 1 N–H and O–H groups in total. The highest BCUT2D eigenvalue weighted by atomic mass is 32.2. The van der Waals surface area contributed by atoms with E-state index in [1.54, 1.807) is 50.2 Å². The van der Waals surface area contributed by atoms with Gasteiger partial charge in [0.1, 0.15) is 11.8 Å². The number of esters is 1. The number of rotatable bonds is 8. The molecule has 0 fully saturated rings. The molecule has 0 spiro atoms. The number of methoxy groups -OCH3 is 1. The number of sulfonamides is 1. The van der Waals surface area contributed by atoms with E-state index in [-0.39, 0.29) is 6.61 Å². The number of hydrogen-bond donors (Lipinski definition) is 1. The van der Waals surface area contributed by atoms with Crippen molar-refractivity contribution in [3.05, 3.63) is 53.6 Å². The van der Waals surface area contributed by atoms with Crippen LogP contribution in [0, 0.1) is 6.92 Å². The van der Waals surface area contributed by atoms with E-state index in [2.05, 4.69) is 5.32 Å². The number of ether oxygens (including phenoxy) is 2. The first kappa shape index (κ1) is 23.2. The summed E-state index contributed by atoms with van der Waals surface area (Å²) in [5.74, 6) is -0.479. The van der Waals surface area contributed by atoms with Crippen molar-refractivity contribution in [1.82, 2.24) is 0 Å². The van der Waals surface area contributed by atoms with Crippen LogP contribution in [0.2, 0.25) is 0 Å². The highest BCUT2D eigenvalue weighted by molar-refractivity contribution is 7.92. The summed E-state index contributed by atoms with van der Waals surface area (Å²) in [6.07, 6.45) is 1.04. The van der Waals surface area contributed by atoms with Crippen LogP contribution in [0.3, 0.4) is 0 Å². The van der Waals surface area contributed by atoms with Crippen LogP contribution in [0.5, 0.6) is 5.75 Å². The van der Waals surface area contributed by atoms with E-state index in [1.165, 1.54) is 20.1 Å². The van der Waals surface area contributed by atoms with Gasteiger partial charge in [-0.1, -0.05) is 6.07 Å².